The second-order valence-electron chi connectivity index (χ2n) is 5.18. The highest BCUT2D eigenvalue weighted by Crippen LogP contribution is 2.31. The number of hydrogen-bond acceptors (Lipinski definition) is 2. The predicted octanol–water partition coefficient (Wildman–Crippen LogP) is 4.37. The summed E-state index contributed by atoms with van der Waals surface area (Å²) in [5.74, 6) is 1.11. The van der Waals surface area contributed by atoms with Crippen molar-refractivity contribution in [2.24, 2.45) is 5.41 Å². The van der Waals surface area contributed by atoms with E-state index in [0.29, 0.717) is 5.41 Å². The van der Waals surface area contributed by atoms with E-state index in [-0.39, 0.29) is 0 Å². The van der Waals surface area contributed by atoms with Gasteiger partial charge in [0.05, 0.1) is 5.52 Å². The largest absolute Gasteiger partial charge is 0.255 e. The molecule has 0 aliphatic carbocycles. The summed E-state index contributed by atoms with van der Waals surface area (Å²) in [7, 11) is 0. The summed E-state index contributed by atoms with van der Waals surface area (Å²) in [4.78, 5) is 5.75. The zero-order chi connectivity index (χ0) is 11.6. The number of benzene rings is 1. The number of rotatable bonds is 2. The maximum absolute atomic E-state index is 4.46. The summed E-state index contributed by atoms with van der Waals surface area (Å²) in [6.45, 7) is 6.79. The lowest BCUT2D eigenvalue weighted by Gasteiger charge is -2.17. The number of fused-ring (bicyclic) bond motifs is 1. The third-order valence-corrected chi connectivity index (χ3v) is 3.91. The van der Waals surface area contributed by atoms with E-state index in [2.05, 4.69) is 50.0 Å². The van der Waals surface area contributed by atoms with Crippen LogP contribution in [0.1, 0.15) is 20.8 Å². The van der Waals surface area contributed by atoms with Gasteiger partial charge in [0.15, 0.2) is 0 Å². The first-order chi connectivity index (χ1) is 7.56. The Morgan fingerprint density at radius 1 is 1.12 bits per heavy atom. The highest BCUT2D eigenvalue weighted by Gasteiger charge is 2.11. The van der Waals surface area contributed by atoms with Gasteiger partial charge < -0.3 is 0 Å². The Bertz CT molecular complexity index is 480. The van der Waals surface area contributed by atoms with Crippen LogP contribution in [0.3, 0.4) is 0 Å². The lowest BCUT2D eigenvalue weighted by molar-refractivity contribution is 0.481. The smallest absolute Gasteiger partial charge is 0.0837 e. The second kappa shape index (κ2) is 4.46. The van der Waals surface area contributed by atoms with Crippen molar-refractivity contribution in [1.82, 2.24) is 4.98 Å². The molecular formula is C14H17NS. The fraction of sp³-hybridized carbons (Fsp3) is 0.357. The molecule has 16 heavy (non-hydrogen) atoms. The van der Waals surface area contributed by atoms with Gasteiger partial charge in [-0.15, -0.1) is 11.8 Å². The van der Waals surface area contributed by atoms with Crippen molar-refractivity contribution in [2.75, 3.05) is 5.75 Å². The molecule has 0 N–H and O–H groups in total. The minimum Gasteiger partial charge on any atom is -0.255 e. The van der Waals surface area contributed by atoms with E-state index in [0.717, 1.165) is 11.3 Å². The molecule has 1 heterocycles. The molecule has 0 saturated heterocycles. The number of aromatic nitrogens is 1. The van der Waals surface area contributed by atoms with E-state index in [1.807, 2.05) is 24.0 Å². The Labute approximate surface area is 101 Å². The zero-order valence-electron chi connectivity index (χ0n) is 10.0. The third kappa shape index (κ3) is 2.76. The molecule has 0 bridgehead atoms. The van der Waals surface area contributed by atoms with Gasteiger partial charge in [-0.05, 0) is 17.5 Å². The molecule has 1 nitrogen and oxygen atoms in total. The normalized spacial score (nSPS) is 11.9. The summed E-state index contributed by atoms with van der Waals surface area (Å²) in [5, 5.41) is 1.22. The summed E-state index contributed by atoms with van der Waals surface area (Å²) in [5.41, 5.74) is 1.47. The van der Waals surface area contributed by atoms with Crippen LogP contribution in [0.15, 0.2) is 41.4 Å². The Morgan fingerprint density at radius 3 is 2.62 bits per heavy atom. The molecule has 0 amide bonds. The molecule has 2 rings (SSSR count). The molecule has 1 aromatic heterocycles. The van der Waals surface area contributed by atoms with Crippen LogP contribution >= 0.6 is 11.8 Å². The summed E-state index contributed by atoms with van der Waals surface area (Å²) >= 11 is 1.89. The minimum atomic E-state index is 0.349. The van der Waals surface area contributed by atoms with Crippen LogP contribution in [0.25, 0.3) is 10.9 Å². The van der Waals surface area contributed by atoms with Crippen molar-refractivity contribution >= 4 is 22.7 Å². The second-order valence-corrected chi connectivity index (χ2v) is 6.20. The number of pyridine rings is 1. The monoisotopic (exact) mass is 231 g/mol. The number of para-hydroxylation sites is 1. The van der Waals surface area contributed by atoms with Gasteiger partial charge in [-0.2, -0.15) is 0 Å². The highest BCUT2D eigenvalue weighted by atomic mass is 32.2. The van der Waals surface area contributed by atoms with E-state index in [1.54, 1.807) is 0 Å². The van der Waals surface area contributed by atoms with E-state index >= 15 is 0 Å². The molecule has 0 unspecified atom stereocenters. The lowest BCUT2D eigenvalue weighted by atomic mass is 10.0. The fourth-order valence-corrected chi connectivity index (χ4v) is 2.56. The van der Waals surface area contributed by atoms with Crippen LogP contribution in [0, 0.1) is 5.41 Å². The summed E-state index contributed by atoms with van der Waals surface area (Å²) < 4.78 is 0. The molecule has 0 aliphatic heterocycles. The van der Waals surface area contributed by atoms with Crippen LogP contribution in [0.2, 0.25) is 0 Å². The van der Waals surface area contributed by atoms with Crippen molar-refractivity contribution < 1.29 is 0 Å². The van der Waals surface area contributed by atoms with Crippen LogP contribution in [0.5, 0.6) is 0 Å². The third-order valence-electron chi connectivity index (χ3n) is 2.26. The molecule has 0 atom stereocenters. The number of hydrogen-bond donors (Lipinski definition) is 0. The summed E-state index contributed by atoms with van der Waals surface area (Å²) in [6.07, 6.45) is 1.86. The first kappa shape index (κ1) is 11.5. The Balaban J connectivity index is 2.30. The molecular weight excluding hydrogens is 214 g/mol. The molecule has 0 aliphatic rings. The molecule has 0 fully saturated rings. The highest BCUT2D eigenvalue weighted by molar-refractivity contribution is 7.99. The van der Waals surface area contributed by atoms with Crippen LogP contribution < -0.4 is 0 Å². The SMILES string of the molecule is CC(C)(C)CSc1cccc2cccnc12. The molecule has 0 spiro atoms. The molecule has 0 saturated carbocycles. The summed E-state index contributed by atoms with van der Waals surface area (Å²) in [6, 6.07) is 10.5. The van der Waals surface area contributed by atoms with E-state index in [9.17, 15) is 0 Å². The molecule has 2 heteroatoms. The van der Waals surface area contributed by atoms with Gasteiger partial charge in [0, 0.05) is 22.2 Å². The molecule has 84 valence electrons. The topological polar surface area (TPSA) is 12.9 Å². The van der Waals surface area contributed by atoms with Crippen molar-refractivity contribution in [3.05, 3.63) is 36.5 Å². The average Bonchev–Trinajstić information content (AvgIpc) is 2.25. The Morgan fingerprint density at radius 2 is 1.88 bits per heavy atom. The van der Waals surface area contributed by atoms with Gasteiger partial charge in [-0.25, -0.2) is 0 Å². The van der Waals surface area contributed by atoms with Crippen molar-refractivity contribution in [3.63, 3.8) is 0 Å². The van der Waals surface area contributed by atoms with E-state index in [1.165, 1.54) is 10.3 Å². The van der Waals surface area contributed by atoms with Crippen molar-refractivity contribution in [1.29, 1.82) is 0 Å². The lowest BCUT2D eigenvalue weighted by Crippen LogP contribution is -2.08. The van der Waals surface area contributed by atoms with Gasteiger partial charge in [-0.1, -0.05) is 39.0 Å². The van der Waals surface area contributed by atoms with Crippen LogP contribution in [-0.2, 0) is 0 Å². The maximum Gasteiger partial charge on any atom is 0.0837 e. The average molecular weight is 231 g/mol. The minimum absolute atomic E-state index is 0.349. The molecule has 1 aromatic carbocycles. The quantitative estimate of drug-likeness (QED) is 0.712. The standard InChI is InChI=1S/C14H17NS/c1-14(2,3)10-16-12-8-4-6-11-7-5-9-15-13(11)12/h4-9H,10H2,1-3H3. The first-order valence-electron chi connectivity index (χ1n) is 5.53. The number of thioether (sulfide) groups is 1. The Hall–Kier alpha value is -1.02. The van der Waals surface area contributed by atoms with Gasteiger partial charge >= 0.3 is 0 Å². The van der Waals surface area contributed by atoms with Gasteiger partial charge in [0.1, 0.15) is 0 Å². The van der Waals surface area contributed by atoms with Gasteiger partial charge in [-0.3, -0.25) is 4.98 Å². The van der Waals surface area contributed by atoms with Crippen molar-refractivity contribution in [2.45, 2.75) is 25.7 Å². The molecule has 0 radical (unpaired) electrons. The zero-order valence-corrected chi connectivity index (χ0v) is 10.8. The predicted molar refractivity (Wildman–Crippen MR) is 71.9 cm³/mol. The number of nitrogens with zero attached hydrogens (tertiary/aromatic N) is 1. The fourth-order valence-electron chi connectivity index (χ4n) is 1.49. The molecule has 2 aromatic rings. The Kier molecular flexibility index (Phi) is 3.20. The van der Waals surface area contributed by atoms with Crippen LogP contribution in [-0.4, -0.2) is 10.7 Å². The van der Waals surface area contributed by atoms with Crippen molar-refractivity contribution in [3.8, 4) is 0 Å². The van der Waals surface area contributed by atoms with E-state index in [4.69, 9.17) is 0 Å². The van der Waals surface area contributed by atoms with Gasteiger partial charge in [0.2, 0.25) is 0 Å². The maximum atomic E-state index is 4.46. The van der Waals surface area contributed by atoms with Gasteiger partial charge in [0.25, 0.3) is 0 Å². The first-order valence-corrected chi connectivity index (χ1v) is 6.51. The van der Waals surface area contributed by atoms with E-state index < -0.39 is 0 Å². The van der Waals surface area contributed by atoms with Crippen LogP contribution in [0.4, 0.5) is 0 Å².